The minimum Gasteiger partial charge on any atom is -0.385 e. The van der Waals surface area contributed by atoms with Crippen molar-refractivity contribution in [1.82, 2.24) is 5.32 Å². The Balaban J connectivity index is 1.82. The minimum atomic E-state index is -4.44. The van der Waals surface area contributed by atoms with Crippen molar-refractivity contribution in [3.63, 3.8) is 0 Å². The van der Waals surface area contributed by atoms with Crippen LogP contribution < -0.4 is 5.32 Å². The summed E-state index contributed by atoms with van der Waals surface area (Å²) in [5.74, 6) is -3.53. The molecule has 0 radical (unpaired) electrons. The molecule has 1 saturated heterocycles. The maximum Gasteiger partial charge on any atom is 0.416 e. The maximum absolute atomic E-state index is 13.3. The first-order valence-corrected chi connectivity index (χ1v) is 7.55. The third kappa shape index (κ3) is 3.21. The number of hydrogen-bond acceptors (Lipinski definition) is 2. The summed E-state index contributed by atoms with van der Waals surface area (Å²) in [6.07, 6.45) is -4.31. The Morgan fingerprint density at radius 2 is 1.65 bits per heavy atom. The molecule has 128 valence electrons. The molecular formula is C16H18F5NO. The lowest BCUT2D eigenvalue weighted by molar-refractivity contribution is -0.137. The van der Waals surface area contributed by atoms with E-state index in [1.165, 1.54) is 12.1 Å². The van der Waals surface area contributed by atoms with Gasteiger partial charge in [0.1, 0.15) is 0 Å². The highest BCUT2D eigenvalue weighted by Crippen LogP contribution is 2.53. The predicted molar refractivity (Wildman–Crippen MR) is 74.0 cm³/mol. The lowest BCUT2D eigenvalue weighted by Crippen LogP contribution is -2.52. The van der Waals surface area contributed by atoms with Crippen LogP contribution in [0.1, 0.15) is 37.3 Å². The summed E-state index contributed by atoms with van der Waals surface area (Å²) in [5, 5.41) is 13.9. The molecule has 1 aliphatic carbocycles. The first kappa shape index (κ1) is 16.6. The molecule has 0 spiro atoms. The van der Waals surface area contributed by atoms with Crippen molar-refractivity contribution in [2.45, 2.75) is 56.0 Å². The zero-order valence-corrected chi connectivity index (χ0v) is 12.5. The van der Waals surface area contributed by atoms with E-state index in [4.69, 9.17) is 0 Å². The molecule has 0 amide bonds. The summed E-state index contributed by atoms with van der Waals surface area (Å²) in [5.41, 5.74) is -1.84. The van der Waals surface area contributed by atoms with Crippen LogP contribution >= 0.6 is 0 Å². The highest BCUT2D eigenvalue weighted by Gasteiger charge is 2.62. The Labute approximate surface area is 130 Å². The van der Waals surface area contributed by atoms with Gasteiger partial charge in [0.2, 0.25) is 0 Å². The van der Waals surface area contributed by atoms with Gasteiger partial charge < -0.3 is 10.4 Å². The molecule has 1 aromatic carbocycles. The van der Waals surface area contributed by atoms with Crippen LogP contribution in [0.15, 0.2) is 24.3 Å². The predicted octanol–water partition coefficient (Wildman–Crippen LogP) is 3.69. The number of hydrogen-bond donors (Lipinski definition) is 2. The third-order valence-electron chi connectivity index (χ3n) is 4.81. The van der Waals surface area contributed by atoms with Gasteiger partial charge in [-0.05, 0) is 37.5 Å². The van der Waals surface area contributed by atoms with Gasteiger partial charge in [0.05, 0.1) is 11.2 Å². The van der Waals surface area contributed by atoms with E-state index in [0.29, 0.717) is 5.56 Å². The highest BCUT2D eigenvalue weighted by molar-refractivity contribution is 5.30. The zero-order chi connectivity index (χ0) is 17.0. The molecule has 2 fully saturated rings. The molecule has 23 heavy (non-hydrogen) atoms. The van der Waals surface area contributed by atoms with Gasteiger partial charge in [0, 0.05) is 24.4 Å². The Kier molecular flexibility index (Phi) is 3.72. The van der Waals surface area contributed by atoms with Crippen molar-refractivity contribution in [1.29, 1.82) is 0 Å². The van der Waals surface area contributed by atoms with Crippen LogP contribution in [0.2, 0.25) is 0 Å². The van der Waals surface area contributed by atoms with Crippen molar-refractivity contribution < 1.29 is 27.1 Å². The van der Waals surface area contributed by atoms with Crippen LogP contribution in [0.3, 0.4) is 0 Å². The molecule has 0 aromatic heterocycles. The Morgan fingerprint density at radius 3 is 2.13 bits per heavy atom. The Morgan fingerprint density at radius 1 is 1.09 bits per heavy atom. The number of alkyl halides is 5. The van der Waals surface area contributed by atoms with Crippen molar-refractivity contribution in [2.24, 2.45) is 5.92 Å². The van der Waals surface area contributed by atoms with Crippen LogP contribution in [0.5, 0.6) is 0 Å². The Bertz CT molecular complexity index is 585. The molecular weight excluding hydrogens is 317 g/mol. The fourth-order valence-corrected chi connectivity index (χ4v) is 3.57. The lowest BCUT2D eigenvalue weighted by atomic mass is 9.77. The summed E-state index contributed by atoms with van der Waals surface area (Å²) in [7, 11) is 0. The number of rotatable bonds is 2. The van der Waals surface area contributed by atoms with Gasteiger partial charge >= 0.3 is 6.18 Å². The molecule has 2 unspecified atom stereocenters. The summed E-state index contributed by atoms with van der Waals surface area (Å²) >= 11 is 0. The van der Waals surface area contributed by atoms with E-state index in [0.717, 1.165) is 12.1 Å². The van der Waals surface area contributed by atoms with Crippen LogP contribution in [0.25, 0.3) is 0 Å². The van der Waals surface area contributed by atoms with Crippen LogP contribution in [-0.4, -0.2) is 23.1 Å². The molecule has 1 heterocycles. The van der Waals surface area contributed by atoms with Gasteiger partial charge in [-0.3, -0.25) is 0 Å². The van der Waals surface area contributed by atoms with E-state index in [-0.39, 0.29) is 25.3 Å². The number of aliphatic hydroxyl groups is 1. The monoisotopic (exact) mass is 335 g/mol. The summed E-state index contributed by atoms with van der Waals surface area (Å²) in [6, 6.07) is 3.58. The zero-order valence-electron chi connectivity index (χ0n) is 12.5. The SMILES string of the molecule is C[C@H]1CC(O)(c2ccc(C(F)(F)F)cc2)C[C@@H](C2CC2(F)F)N1. The van der Waals surface area contributed by atoms with E-state index < -0.39 is 35.2 Å². The van der Waals surface area contributed by atoms with Crippen molar-refractivity contribution in [3.8, 4) is 0 Å². The average Bonchev–Trinajstić information content (AvgIpc) is 3.06. The molecule has 7 heteroatoms. The van der Waals surface area contributed by atoms with E-state index >= 15 is 0 Å². The average molecular weight is 335 g/mol. The lowest BCUT2D eigenvalue weighted by Gasteiger charge is -2.41. The second-order valence-corrected chi connectivity index (χ2v) is 6.76. The normalized spacial score (nSPS) is 36.7. The van der Waals surface area contributed by atoms with Gasteiger partial charge in [-0.1, -0.05) is 12.1 Å². The minimum absolute atomic E-state index is 0.0724. The van der Waals surface area contributed by atoms with Crippen LogP contribution in [0, 0.1) is 5.92 Å². The van der Waals surface area contributed by atoms with Gasteiger partial charge in [-0.2, -0.15) is 13.2 Å². The van der Waals surface area contributed by atoms with Gasteiger partial charge in [-0.25, -0.2) is 8.78 Å². The number of nitrogens with one attached hydrogen (secondary N) is 1. The number of piperidine rings is 1. The van der Waals surface area contributed by atoms with Gasteiger partial charge in [0.15, 0.2) is 0 Å². The quantitative estimate of drug-likeness (QED) is 0.808. The summed E-state index contributed by atoms with van der Waals surface area (Å²) in [6.45, 7) is 1.78. The van der Waals surface area contributed by atoms with Crippen molar-refractivity contribution in [3.05, 3.63) is 35.4 Å². The fourth-order valence-electron chi connectivity index (χ4n) is 3.57. The summed E-state index contributed by atoms with van der Waals surface area (Å²) in [4.78, 5) is 0. The fraction of sp³-hybridized carbons (Fsp3) is 0.625. The van der Waals surface area contributed by atoms with Gasteiger partial charge in [0.25, 0.3) is 5.92 Å². The molecule has 1 saturated carbocycles. The smallest absolute Gasteiger partial charge is 0.385 e. The molecule has 3 rings (SSSR count). The first-order valence-electron chi connectivity index (χ1n) is 7.55. The number of halogens is 5. The largest absolute Gasteiger partial charge is 0.416 e. The van der Waals surface area contributed by atoms with Crippen LogP contribution in [-0.2, 0) is 11.8 Å². The topological polar surface area (TPSA) is 32.3 Å². The third-order valence-corrected chi connectivity index (χ3v) is 4.81. The number of benzene rings is 1. The summed E-state index contributed by atoms with van der Waals surface area (Å²) < 4.78 is 64.5. The molecule has 2 nitrogen and oxygen atoms in total. The van der Waals surface area contributed by atoms with Gasteiger partial charge in [-0.15, -0.1) is 0 Å². The van der Waals surface area contributed by atoms with E-state index in [1.807, 2.05) is 0 Å². The standard InChI is InChI=1S/C16H18F5NO/c1-9-6-14(23,8-13(22-9)12-7-15(12,17)18)10-2-4-11(5-3-10)16(19,20)21/h2-5,9,12-13,22-23H,6-8H2,1H3/t9-,12?,13-,14?/m0/s1. The second-order valence-electron chi connectivity index (χ2n) is 6.76. The molecule has 2 N–H and O–H groups in total. The molecule has 0 bridgehead atoms. The Hall–Kier alpha value is -1.21. The van der Waals surface area contributed by atoms with Crippen LogP contribution in [0.4, 0.5) is 22.0 Å². The molecule has 2 aliphatic rings. The molecule has 4 atom stereocenters. The van der Waals surface area contributed by atoms with E-state index in [9.17, 15) is 27.1 Å². The van der Waals surface area contributed by atoms with Crippen molar-refractivity contribution >= 4 is 0 Å². The van der Waals surface area contributed by atoms with E-state index in [1.54, 1.807) is 6.92 Å². The molecule has 1 aromatic rings. The first-order chi connectivity index (χ1) is 10.5. The maximum atomic E-state index is 13.3. The van der Waals surface area contributed by atoms with E-state index in [2.05, 4.69) is 5.32 Å². The highest BCUT2D eigenvalue weighted by atomic mass is 19.4. The van der Waals surface area contributed by atoms with Crippen molar-refractivity contribution in [2.75, 3.05) is 0 Å². The molecule has 1 aliphatic heterocycles. The second kappa shape index (κ2) is 5.14.